The molecule has 8 nitrogen and oxygen atoms in total. The predicted octanol–water partition coefficient (Wildman–Crippen LogP) is 1.40. The van der Waals surface area contributed by atoms with Crippen LogP contribution in [0.5, 0.6) is 0 Å². The molecule has 10 heteroatoms. The van der Waals surface area contributed by atoms with Crippen molar-refractivity contribution in [3.63, 3.8) is 0 Å². The molecule has 0 aromatic heterocycles. The minimum atomic E-state index is -1.10. The molecule has 2 atom stereocenters. The first-order chi connectivity index (χ1) is 17.7. The number of likely N-dealkylation sites (N-methyl/N-ethyl adjacent to an activating group) is 1. The third-order valence-corrected chi connectivity index (χ3v) is 6.34. The quantitative estimate of drug-likeness (QED) is 0.396. The van der Waals surface area contributed by atoms with Gasteiger partial charge in [-0.15, -0.1) is 0 Å². The second-order valence-corrected chi connectivity index (χ2v) is 9.19. The summed E-state index contributed by atoms with van der Waals surface area (Å²) in [6.07, 6.45) is -0.236. The Hall–Kier alpha value is -3.37. The fraction of sp³-hybridized carbons (Fsp3) is 0.444. The Labute approximate surface area is 215 Å². The molecule has 3 rings (SSSR count). The summed E-state index contributed by atoms with van der Waals surface area (Å²) < 4.78 is 27.5. The molecular weight excluding hydrogens is 482 g/mol. The summed E-state index contributed by atoms with van der Waals surface area (Å²) in [5.74, 6) is -2.71. The van der Waals surface area contributed by atoms with E-state index in [0.717, 1.165) is 35.1 Å². The first kappa shape index (κ1) is 28.2. The van der Waals surface area contributed by atoms with Crippen LogP contribution in [0.4, 0.5) is 8.78 Å². The van der Waals surface area contributed by atoms with Gasteiger partial charge < -0.3 is 25.5 Å². The van der Waals surface area contributed by atoms with Crippen molar-refractivity contribution in [2.24, 2.45) is 0 Å². The number of hydrogen-bond acceptors (Lipinski definition) is 5. The molecule has 1 aliphatic rings. The molecule has 0 bridgehead atoms. The number of piperazine rings is 1. The maximum Gasteiger partial charge on any atom is 0.243 e. The van der Waals surface area contributed by atoms with Gasteiger partial charge in [0.2, 0.25) is 17.7 Å². The number of halogens is 2. The number of benzene rings is 2. The third-order valence-electron chi connectivity index (χ3n) is 6.34. The van der Waals surface area contributed by atoms with E-state index in [-0.39, 0.29) is 50.0 Å². The van der Waals surface area contributed by atoms with Crippen molar-refractivity contribution < 1.29 is 28.3 Å². The van der Waals surface area contributed by atoms with Gasteiger partial charge in [0.15, 0.2) is 0 Å². The van der Waals surface area contributed by atoms with Gasteiger partial charge >= 0.3 is 0 Å². The van der Waals surface area contributed by atoms with Crippen LogP contribution in [0.15, 0.2) is 42.5 Å². The fourth-order valence-electron chi connectivity index (χ4n) is 4.29. The molecule has 2 aromatic rings. The summed E-state index contributed by atoms with van der Waals surface area (Å²) in [4.78, 5) is 39.9. The van der Waals surface area contributed by atoms with Crippen LogP contribution in [0.1, 0.15) is 30.5 Å². The Balaban J connectivity index is 1.65. The average molecular weight is 517 g/mol. The lowest BCUT2D eigenvalue weighted by Crippen LogP contribution is -2.57. The van der Waals surface area contributed by atoms with Crippen LogP contribution in [0.25, 0.3) is 0 Å². The highest BCUT2D eigenvalue weighted by Crippen LogP contribution is 2.13. The monoisotopic (exact) mass is 516 g/mol. The Kier molecular flexibility index (Phi) is 10.1. The lowest BCUT2D eigenvalue weighted by Gasteiger charge is -2.33. The van der Waals surface area contributed by atoms with E-state index < -0.39 is 29.7 Å². The van der Waals surface area contributed by atoms with Crippen LogP contribution >= 0.6 is 0 Å². The van der Waals surface area contributed by atoms with Gasteiger partial charge in [-0.1, -0.05) is 31.2 Å². The number of aryl methyl sites for hydroxylation is 1. The summed E-state index contributed by atoms with van der Waals surface area (Å²) in [7, 11) is 0. The van der Waals surface area contributed by atoms with E-state index in [9.17, 15) is 28.3 Å². The minimum Gasteiger partial charge on any atom is -0.390 e. The lowest BCUT2D eigenvalue weighted by atomic mass is 10.0. The van der Waals surface area contributed by atoms with Crippen LogP contribution in [-0.2, 0) is 33.8 Å². The molecule has 1 fully saturated rings. The van der Waals surface area contributed by atoms with Gasteiger partial charge in [-0.3, -0.25) is 14.4 Å². The molecule has 1 aliphatic heterocycles. The predicted molar refractivity (Wildman–Crippen MR) is 134 cm³/mol. The molecule has 3 amide bonds. The summed E-state index contributed by atoms with van der Waals surface area (Å²) in [5, 5.41) is 16.7. The van der Waals surface area contributed by atoms with Crippen LogP contribution in [0.2, 0.25) is 0 Å². The highest BCUT2D eigenvalue weighted by molar-refractivity contribution is 5.95. The lowest BCUT2D eigenvalue weighted by molar-refractivity contribution is -0.151. The number of amides is 3. The number of aliphatic hydroxyl groups excluding tert-OH is 1. The van der Waals surface area contributed by atoms with E-state index in [1.807, 2.05) is 18.2 Å². The van der Waals surface area contributed by atoms with E-state index in [2.05, 4.69) is 23.6 Å². The molecule has 2 aromatic carbocycles. The number of aliphatic hydroxyl groups is 1. The summed E-state index contributed by atoms with van der Waals surface area (Å²) in [6.45, 7) is 4.15. The number of carbonyl (C=O) groups excluding carboxylic acids is 3. The number of hydrogen-bond donors (Lipinski definition) is 3. The molecule has 3 N–H and O–H groups in total. The number of nitrogens with zero attached hydrogens (tertiary/aromatic N) is 2. The van der Waals surface area contributed by atoms with Crippen LogP contribution < -0.4 is 10.6 Å². The molecule has 0 spiro atoms. The molecule has 0 saturated carbocycles. The summed E-state index contributed by atoms with van der Waals surface area (Å²) in [5.41, 5.74) is 2.49. The first-order valence-corrected chi connectivity index (χ1v) is 12.4. The molecular formula is C27H34F2N4O4. The van der Waals surface area contributed by atoms with E-state index in [4.69, 9.17) is 0 Å². The first-order valence-electron chi connectivity index (χ1n) is 12.4. The second-order valence-electron chi connectivity index (χ2n) is 9.19. The topological polar surface area (TPSA) is 102 Å². The zero-order valence-corrected chi connectivity index (χ0v) is 21.2. The highest BCUT2D eigenvalue weighted by Gasteiger charge is 2.31. The Morgan fingerprint density at radius 2 is 1.62 bits per heavy atom. The zero-order valence-electron chi connectivity index (χ0n) is 21.2. The molecule has 200 valence electrons. The van der Waals surface area contributed by atoms with Crippen molar-refractivity contribution in [2.45, 2.75) is 45.4 Å². The highest BCUT2D eigenvalue weighted by atomic mass is 19.1. The number of nitrogens with one attached hydrogen (secondary N) is 2. The van der Waals surface area contributed by atoms with Crippen molar-refractivity contribution in [3.05, 3.63) is 70.8 Å². The van der Waals surface area contributed by atoms with E-state index >= 15 is 0 Å². The average Bonchev–Trinajstić information content (AvgIpc) is 2.85. The summed E-state index contributed by atoms with van der Waals surface area (Å²) in [6, 6.07) is 10.1. The van der Waals surface area contributed by atoms with Crippen molar-refractivity contribution in [1.29, 1.82) is 0 Å². The standard InChI is InChI=1S/C27H34F2N4O4/c1-3-18-6-5-7-19(8-18)13-30-14-24(34)23(11-20-9-21(28)12-22(29)10-20)31-25(35)15-33-17-26(36)32(4-2)16-27(33)37/h5-10,12,23-24,30,34H,3-4,11,13-17H2,1-2H3,(H,31,35). The molecule has 1 saturated heterocycles. The normalized spacial score (nSPS) is 15.6. The Morgan fingerprint density at radius 1 is 0.973 bits per heavy atom. The SMILES string of the molecule is CCc1cccc(CNCC(O)C(Cc2cc(F)cc(F)c2)NC(=O)CN2CC(=O)N(CC)CC2=O)c1. The van der Waals surface area contributed by atoms with Crippen molar-refractivity contribution in [1.82, 2.24) is 20.4 Å². The van der Waals surface area contributed by atoms with Gasteiger partial charge in [0.05, 0.1) is 18.7 Å². The summed E-state index contributed by atoms with van der Waals surface area (Å²) >= 11 is 0. The maximum absolute atomic E-state index is 13.8. The third kappa shape index (κ3) is 8.33. The van der Waals surface area contributed by atoms with E-state index in [0.29, 0.717) is 13.1 Å². The molecule has 2 unspecified atom stereocenters. The number of rotatable bonds is 12. The van der Waals surface area contributed by atoms with E-state index in [1.165, 1.54) is 10.5 Å². The van der Waals surface area contributed by atoms with Crippen molar-refractivity contribution in [3.8, 4) is 0 Å². The van der Waals surface area contributed by atoms with Gasteiger partial charge in [0.1, 0.15) is 24.7 Å². The van der Waals surface area contributed by atoms with Gasteiger partial charge in [-0.05, 0) is 48.6 Å². The van der Waals surface area contributed by atoms with Gasteiger partial charge in [0, 0.05) is 25.7 Å². The van der Waals surface area contributed by atoms with Crippen LogP contribution in [0.3, 0.4) is 0 Å². The number of carbonyl (C=O) groups is 3. The molecule has 37 heavy (non-hydrogen) atoms. The van der Waals surface area contributed by atoms with E-state index in [1.54, 1.807) is 6.92 Å². The largest absolute Gasteiger partial charge is 0.390 e. The van der Waals surface area contributed by atoms with Crippen molar-refractivity contribution >= 4 is 17.7 Å². The zero-order chi connectivity index (χ0) is 26.9. The van der Waals surface area contributed by atoms with Gasteiger partial charge in [0.25, 0.3) is 0 Å². The smallest absolute Gasteiger partial charge is 0.243 e. The van der Waals surface area contributed by atoms with Crippen LogP contribution in [-0.4, -0.2) is 77.5 Å². The molecule has 0 aliphatic carbocycles. The van der Waals surface area contributed by atoms with Gasteiger partial charge in [-0.25, -0.2) is 8.78 Å². The maximum atomic E-state index is 13.8. The Bertz CT molecular complexity index is 1090. The minimum absolute atomic E-state index is 0.0366. The van der Waals surface area contributed by atoms with Crippen LogP contribution in [0, 0.1) is 11.6 Å². The Morgan fingerprint density at radius 3 is 2.30 bits per heavy atom. The second kappa shape index (κ2) is 13.3. The molecule has 1 heterocycles. The van der Waals surface area contributed by atoms with Gasteiger partial charge in [-0.2, -0.15) is 0 Å². The molecule has 0 radical (unpaired) electrons. The van der Waals surface area contributed by atoms with Crippen molar-refractivity contribution in [2.75, 3.05) is 32.7 Å². The fourth-order valence-corrected chi connectivity index (χ4v) is 4.29.